The molecule has 0 radical (unpaired) electrons. The molecule has 190 valence electrons. The van der Waals surface area contributed by atoms with Crippen LogP contribution in [0.25, 0.3) is 16.5 Å². The van der Waals surface area contributed by atoms with E-state index in [2.05, 4.69) is 10.4 Å². The predicted octanol–water partition coefficient (Wildman–Crippen LogP) is 4.63. The van der Waals surface area contributed by atoms with Crippen LogP contribution in [-0.2, 0) is 22.3 Å². The van der Waals surface area contributed by atoms with Crippen molar-refractivity contribution in [3.8, 4) is 5.69 Å². The maximum Gasteiger partial charge on any atom is 0.306 e. The molecule has 0 bridgehead atoms. The average molecular weight is 529 g/mol. The molecule has 2 aliphatic rings. The van der Waals surface area contributed by atoms with Crippen LogP contribution in [0.3, 0.4) is 0 Å². The van der Waals surface area contributed by atoms with Crippen LogP contribution in [0.5, 0.6) is 0 Å². The van der Waals surface area contributed by atoms with Gasteiger partial charge in [-0.05, 0) is 53.8 Å². The van der Waals surface area contributed by atoms with Gasteiger partial charge < -0.3 is 15.0 Å². The van der Waals surface area contributed by atoms with Gasteiger partial charge in [-0.3, -0.25) is 13.8 Å². The lowest BCUT2D eigenvalue weighted by Crippen LogP contribution is -2.46. The van der Waals surface area contributed by atoms with Gasteiger partial charge in [0.15, 0.2) is 5.69 Å². The molecule has 36 heavy (non-hydrogen) atoms. The maximum absolute atomic E-state index is 13.1. The van der Waals surface area contributed by atoms with E-state index in [0.29, 0.717) is 41.6 Å². The smallest absolute Gasteiger partial charge is 0.306 e. The van der Waals surface area contributed by atoms with E-state index in [0.717, 1.165) is 31.4 Å². The number of aliphatic carboxylic acids is 1. The van der Waals surface area contributed by atoms with Crippen molar-refractivity contribution in [3.05, 3.63) is 52.8 Å². The summed E-state index contributed by atoms with van der Waals surface area (Å²) < 4.78 is 25.3. The van der Waals surface area contributed by atoms with Gasteiger partial charge in [0.1, 0.15) is 0 Å². The Bertz CT molecular complexity index is 1340. The molecule has 1 unspecified atom stereocenters. The molecule has 10 heteroatoms. The largest absolute Gasteiger partial charge is 0.768 e. The minimum Gasteiger partial charge on any atom is -0.768 e. The van der Waals surface area contributed by atoms with Crippen molar-refractivity contribution in [1.29, 1.82) is 0 Å². The van der Waals surface area contributed by atoms with Gasteiger partial charge in [-0.1, -0.05) is 68.0 Å². The van der Waals surface area contributed by atoms with Gasteiger partial charge in [-0.15, -0.1) is 0 Å². The van der Waals surface area contributed by atoms with Gasteiger partial charge in [0.25, 0.3) is 5.91 Å². The van der Waals surface area contributed by atoms with Crippen molar-refractivity contribution in [1.82, 2.24) is 15.1 Å². The number of carbonyl (C=O) groups excluding carboxylic acids is 1. The summed E-state index contributed by atoms with van der Waals surface area (Å²) in [6.07, 6.45) is 7.11. The van der Waals surface area contributed by atoms with Crippen LogP contribution in [0.4, 0.5) is 0 Å². The van der Waals surface area contributed by atoms with Gasteiger partial charge in [0, 0.05) is 16.3 Å². The van der Waals surface area contributed by atoms with E-state index < -0.39 is 28.9 Å². The fourth-order valence-corrected chi connectivity index (χ4v) is 6.21. The molecule has 1 aromatic heterocycles. The minimum absolute atomic E-state index is 0.0989. The predicted molar refractivity (Wildman–Crippen MR) is 135 cm³/mol. The van der Waals surface area contributed by atoms with E-state index in [9.17, 15) is 18.4 Å². The molecule has 3 aromatic rings. The lowest BCUT2D eigenvalue weighted by Gasteiger charge is -2.32. The second kappa shape index (κ2) is 10.3. The van der Waals surface area contributed by atoms with Gasteiger partial charge >= 0.3 is 5.97 Å². The van der Waals surface area contributed by atoms with Crippen molar-refractivity contribution in [2.75, 3.05) is 0 Å². The topological polar surface area (TPSA) is 124 Å². The second-order valence-electron chi connectivity index (χ2n) is 9.77. The van der Waals surface area contributed by atoms with Crippen LogP contribution in [0.1, 0.15) is 61.1 Å². The Hall–Kier alpha value is -2.75. The molecule has 2 saturated carbocycles. The first-order chi connectivity index (χ1) is 17.3. The monoisotopic (exact) mass is 528 g/mol. The number of carboxylic acid groups (broad SMARTS) is 1. The number of hydrogen-bond donors (Lipinski definition) is 2. The van der Waals surface area contributed by atoms with Crippen LogP contribution >= 0.6 is 11.6 Å². The molecule has 0 aliphatic heterocycles. The number of nitrogens with zero attached hydrogens (tertiary/aromatic N) is 2. The average Bonchev–Trinajstić information content (AvgIpc) is 3.16. The second-order valence-corrected chi connectivity index (χ2v) is 11.1. The van der Waals surface area contributed by atoms with Gasteiger partial charge in [-0.25, -0.2) is 4.68 Å². The first-order valence-corrected chi connectivity index (χ1v) is 13.7. The molecule has 2 fully saturated rings. The van der Waals surface area contributed by atoms with Crippen molar-refractivity contribution in [3.63, 3.8) is 0 Å². The summed E-state index contributed by atoms with van der Waals surface area (Å²) in [5, 5.41) is 18.2. The Balaban J connectivity index is 1.55. The fourth-order valence-electron chi connectivity index (χ4n) is 5.40. The quantitative estimate of drug-likeness (QED) is 0.431. The van der Waals surface area contributed by atoms with E-state index in [-0.39, 0.29) is 21.7 Å². The summed E-state index contributed by atoms with van der Waals surface area (Å²) in [7, 11) is 0. The van der Waals surface area contributed by atoms with Crippen molar-refractivity contribution in [2.45, 2.75) is 62.3 Å². The van der Waals surface area contributed by atoms with Gasteiger partial charge in [0.05, 0.1) is 22.3 Å². The Kier molecular flexibility index (Phi) is 7.14. The number of rotatable bonds is 7. The number of benzene rings is 2. The van der Waals surface area contributed by atoms with Gasteiger partial charge in [0.2, 0.25) is 0 Å². The lowest BCUT2D eigenvalue weighted by molar-refractivity contribution is -0.145. The molecular formula is C26H27ClN3O5S-. The highest BCUT2D eigenvalue weighted by Gasteiger charge is 2.36. The molecular weight excluding hydrogens is 502 g/mol. The SMILES string of the molecule is O=C(NC1CC(C(=O)O)C1)c1nn(-c2ccc(S(=O)[O-])c3ccccc23)c(CC2CCCCC2)c1Cl. The normalized spacial score (nSPS) is 21.2. The molecule has 8 nitrogen and oxygen atoms in total. The highest BCUT2D eigenvalue weighted by molar-refractivity contribution is 7.79. The number of carboxylic acids is 1. The first kappa shape index (κ1) is 24.9. The third-order valence-corrected chi connectivity index (χ3v) is 8.54. The molecule has 1 amide bonds. The summed E-state index contributed by atoms with van der Waals surface area (Å²) in [5.41, 5.74) is 1.48. The van der Waals surface area contributed by atoms with E-state index >= 15 is 0 Å². The summed E-state index contributed by atoms with van der Waals surface area (Å²) >= 11 is 4.41. The number of carbonyl (C=O) groups is 2. The van der Waals surface area contributed by atoms with E-state index in [4.69, 9.17) is 16.7 Å². The zero-order chi connectivity index (χ0) is 25.4. The third kappa shape index (κ3) is 4.79. The maximum atomic E-state index is 13.1. The number of nitrogens with one attached hydrogen (secondary N) is 1. The molecule has 2 N–H and O–H groups in total. The molecule has 2 aromatic carbocycles. The number of halogens is 1. The standard InChI is InChI=1S/C26H28ClN3O5S/c27-23-21(12-15-6-2-1-3-7-15)30(29-24(23)25(31)28-17-13-16(14-17)26(32)33)20-10-11-22(36(34)35)19-9-5-4-8-18(19)20/h4-5,8-11,15-17H,1-3,6-7,12-14H2,(H,28,31)(H,32,33)(H,34,35)/p-1. The zero-order valence-electron chi connectivity index (χ0n) is 19.6. The Morgan fingerprint density at radius 1 is 1.11 bits per heavy atom. The fraction of sp³-hybridized carbons (Fsp3) is 0.423. The van der Waals surface area contributed by atoms with Crippen LogP contribution in [0, 0.1) is 11.8 Å². The van der Waals surface area contributed by atoms with Crippen LogP contribution in [0.2, 0.25) is 5.02 Å². The highest BCUT2D eigenvalue weighted by Crippen LogP contribution is 2.35. The van der Waals surface area contributed by atoms with Crippen LogP contribution in [0.15, 0.2) is 41.3 Å². The Morgan fingerprint density at radius 2 is 1.81 bits per heavy atom. The number of hydrogen-bond acceptors (Lipinski definition) is 5. The molecule has 1 heterocycles. The number of fused-ring (bicyclic) bond motifs is 1. The van der Waals surface area contributed by atoms with Crippen molar-refractivity contribution < 1.29 is 23.5 Å². The Labute approximate surface area is 216 Å². The van der Waals surface area contributed by atoms with Crippen molar-refractivity contribution >= 4 is 45.3 Å². The van der Waals surface area contributed by atoms with E-state index in [1.54, 1.807) is 28.9 Å². The van der Waals surface area contributed by atoms with E-state index in [1.807, 2.05) is 12.1 Å². The number of amides is 1. The number of aromatic nitrogens is 2. The van der Waals surface area contributed by atoms with Crippen molar-refractivity contribution in [2.24, 2.45) is 11.8 Å². The third-order valence-electron chi connectivity index (χ3n) is 7.43. The molecule has 0 spiro atoms. The van der Waals surface area contributed by atoms with Crippen LogP contribution in [-0.4, -0.2) is 41.6 Å². The Morgan fingerprint density at radius 3 is 2.47 bits per heavy atom. The minimum atomic E-state index is -2.41. The lowest BCUT2D eigenvalue weighted by atomic mass is 9.80. The summed E-state index contributed by atoms with van der Waals surface area (Å²) in [6.45, 7) is 0. The van der Waals surface area contributed by atoms with E-state index in [1.165, 1.54) is 6.42 Å². The summed E-state index contributed by atoms with van der Waals surface area (Å²) in [4.78, 5) is 24.4. The summed E-state index contributed by atoms with van der Waals surface area (Å²) in [5.74, 6) is -1.31. The molecule has 0 saturated heterocycles. The molecule has 5 rings (SSSR count). The molecule has 1 atom stereocenters. The van der Waals surface area contributed by atoms with Gasteiger partial charge in [-0.2, -0.15) is 5.10 Å². The summed E-state index contributed by atoms with van der Waals surface area (Å²) in [6, 6.07) is 10.2. The first-order valence-electron chi connectivity index (χ1n) is 12.3. The zero-order valence-corrected chi connectivity index (χ0v) is 21.2. The highest BCUT2D eigenvalue weighted by atomic mass is 35.5. The van der Waals surface area contributed by atoms with Crippen LogP contribution < -0.4 is 5.32 Å². The molecule has 2 aliphatic carbocycles.